The Labute approximate surface area is 336 Å². The molecular weight excluding hydrogens is 641 g/mol. The smallest absolute Gasteiger partial charge is 0.111 e. The molecule has 0 bridgehead atoms. The Kier molecular flexibility index (Phi) is 38.7. The maximum atomic E-state index is 5.07. The molecule has 1 heterocycles. The monoisotopic (exact) mass is 741 g/mol. The van der Waals surface area contributed by atoms with Crippen molar-refractivity contribution in [3.8, 4) is 0 Å². The van der Waals surface area contributed by atoms with Crippen LogP contribution in [0.5, 0.6) is 0 Å². The summed E-state index contributed by atoms with van der Waals surface area (Å²) in [6.07, 6.45) is 64.6. The Morgan fingerprint density at radius 3 is 0.887 bits per heavy atom. The van der Waals surface area contributed by atoms with Gasteiger partial charge in [-0.25, -0.2) is 4.98 Å². The van der Waals surface area contributed by atoms with Crippen LogP contribution in [-0.4, -0.2) is 9.55 Å². The van der Waals surface area contributed by atoms with E-state index in [1.54, 1.807) is 0 Å². The molecule has 2 atom stereocenters. The van der Waals surface area contributed by atoms with E-state index in [0.717, 1.165) is 0 Å². The van der Waals surface area contributed by atoms with Crippen LogP contribution in [0.25, 0.3) is 0 Å². The summed E-state index contributed by atoms with van der Waals surface area (Å²) in [4.78, 5) is 5.07. The minimum atomic E-state index is 0.584. The molecule has 0 aromatic carbocycles. The zero-order chi connectivity index (χ0) is 38.1. The van der Waals surface area contributed by atoms with E-state index in [9.17, 15) is 0 Å². The SMILES string of the molecule is CCCCCCCCCCCCCCCCCC(CCCCCCCCCCCCC)c1nccn1C(C)CCCCCCCCCCCCCCC. The molecule has 2 unspecified atom stereocenters. The van der Waals surface area contributed by atoms with E-state index in [0.29, 0.717) is 12.0 Å². The number of hydrogen-bond donors (Lipinski definition) is 0. The standard InChI is InChI=1S/C51H100N2/c1-5-8-11-14-17-20-23-25-26-28-31-34-37-40-43-46-50(45-42-39-36-33-29-22-19-16-13-10-7-3)51-52-47-48-53(51)49(4)44-41-38-35-32-30-27-24-21-18-15-12-9-6-2/h47-50H,5-46H2,1-4H3. The van der Waals surface area contributed by atoms with Gasteiger partial charge in [0.2, 0.25) is 0 Å². The summed E-state index contributed by atoms with van der Waals surface area (Å²) in [6.45, 7) is 9.42. The summed E-state index contributed by atoms with van der Waals surface area (Å²) < 4.78 is 2.61. The lowest BCUT2D eigenvalue weighted by molar-refractivity contribution is 0.412. The predicted molar refractivity (Wildman–Crippen MR) is 241 cm³/mol. The molecule has 0 fully saturated rings. The fourth-order valence-electron chi connectivity index (χ4n) is 8.83. The molecule has 1 aromatic heterocycles. The summed E-state index contributed by atoms with van der Waals surface area (Å²) in [7, 11) is 0. The molecule has 0 amide bonds. The molecule has 2 heteroatoms. The average molecular weight is 741 g/mol. The molecule has 0 saturated heterocycles. The van der Waals surface area contributed by atoms with Gasteiger partial charge in [0.05, 0.1) is 0 Å². The van der Waals surface area contributed by atoms with E-state index in [4.69, 9.17) is 4.98 Å². The highest BCUT2D eigenvalue weighted by atomic mass is 15.1. The first kappa shape index (κ1) is 50.2. The van der Waals surface area contributed by atoms with E-state index >= 15 is 0 Å². The second kappa shape index (κ2) is 40.9. The summed E-state index contributed by atoms with van der Waals surface area (Å²) in [6, 6.07) is 0.584. The van der Waals surface area contributed by atoms with Crippen molar-refractivity contribution < 1.29 is 0 Å². The molecule has 314 valence electrons. The van der Waals surface area contributed by atoms with Gasteiger partial charge in [0.15, 0.2) is 0 Å². The van der Waals surface area contributed by atoms with Crippen molar-refractivity contribution in [1.82, 2.24) is 9.55 Å². The Hall–Kier alpha value is -0.790. The van der Waals surface area contributed by atoms with Crippen LogP contribution in [0.4, 0.5) is 0 Å². The van der Waals surface area contributed by atoms with Gasteiger partial charge in [0, 0.05) is 24.4 Å². The lowest BCUT2D eigenvalue weighted by atomic mass is 9.92. The maximum Gasteiger partial charge on any atom is 0.111 e. The first-order valence-corrected chi connectivity index (χ1v) is 25.3. The van der Waals surface area contributed by atoms with Crippen LogP contribution in [0, 0.1) is 0 Å². The molecule has 1 aromatic rings. The van der Waals surface area contributed by atoms with E-state index < -0.39 is 0 Å². The summed E-state index contributed by atoms with van der Waals surface area (Å²) in [5.74, 6) is 2.07. The van der Waals surface area contributed by atoms with Gasteiger partial charge in [-0.05, 0) is 26.2 Å². The van der Waals surface area contributed by atoms with E-state index in [2.05, 4.69) is 44.7 Å². The van der Waals surface area contributed by atoms with Gasteiger partial charge in [-0.1, -0.05) is 271 Å². The summed E-state index contributed by atoms with van der Waals surface area (Å²) in [5.41, 5.74) is 0. The zero-order valence-electron chi connectivity index (χ0n) is 37.4. The Balaban J connectivity index is 2.35. The Morgan fingerprint density at radius 1 is 0.358 bits per heavy atom. The van der Waals surface area contributed by atoms with Crippen molar-refractivity contribution in [3.63, 3.8) is 0 Å². The molecule has 1 rings (SSSR count). The first-order valence-electron chi connectivity index (χ1n) is 25.3. The number of aromatic nitrogens is 2. The molecule has 0 saturated carbocycles. The normalized spacial score (nSPS) is 12.9. The van der Waals surface area contributed by atoms with Crippen LogP contribution in [0.2, 0.25) is 0 Å². The van der Waals surface area contributed by atoms with Gasteiger partial charge < -0.3 is 4.57 Å². The number of hydrogen-bond acceptors (Lipinski definition) is 1. The van der Waals surface area contributed by atoms with Crippen molar-refractivity contribution >= 4 is 0 Å². The largest absolute Gasteiger partial charge is 0.332 e. The Bertz CT molecular complexity index is 813. The zero-order valence-corrected chi connectivity index (χ0v) is 37.4. The minimum Gasteiger partial charge on any atom is -0.332 e. The van der Waals surface area contributed by atoms with E-state index in [-0.39, 0.29) is 0 Å². The van der Waals surface area contributed by atoms with Crippen molar-refractivity contribution in [1.29, 1.82) is 0 Å². The Morgan fingerprint density at radius 2 is 0.604 bits per heavy atom. The lowest BCUT2D eigenvalue weighted by Gasteiger charge is -2.22. The van der Waals surface area contributed by atoms with E-state index in [1.165, 1.54) is 275 Å². The molecule has 0 N–H and O–H groups in total. The van der Waals surface area contributed by atoms with Crippen LogP contribution < -0.4 is 0 Å². The van der Waals surface area contributed by atoms with Gasteiger partial charge in [-0.2, -0.15) is 0 Å². The van der Waals surface area contributed by atoms with Crippen LogP contribution >= 0.6 is 0 Å². The molecule has 53 heavy (non-hydrogen) atoms. The highest BCUT2D eigenvalue weighted by Crippen LogP contribution is 2.31. The molecule has 0 aliphatic heterocycles. The van der Waals surface area contributed by atoms with Crippen molar-refractivity contribution in [2.75, 3.05) is 0 Å². The number of nitrogens with zero attached hydrogens (tertiary/aromatic N) is 2. The second-order valence-corrected chi connectivity index (χ2v) is 17.8. The second-order valence-electron chi connectivity index (χ2n) is 17.8. The summed E-state index contributed by atoms with van der Waals surface area (Å²) >= 11 is 0. The van der Waals surface area contributed by atoms with Crippen LogP contribution in [0.1, 0.15) is 315 Å². The number of unbranched alkanes of at least 4 members (excludes halogenated alkanes) is 36. The van der Waals surface area contributed by atoms with Crippen molar-refractivity contribution in [3.05, 3.63) is 18.2 Å². The maximum absolute atomic E-state index is 5.07. The first-order chi connectivity index (χ1) is 26.2. The summed E-state index contributed by atoms with van der Waals surface area (Å²) in [5, 5.41) is 0. The minimum absolute atomic E-state index is 0.584. The topological polar surface area (TPSA) is 17.8 Å². The molecule has 0 aliphatic rings. The molecule has 0 aliphatic carbocycles. The molecular formula is C51H100N2. The van der Waals surface area contributed by atoms with Crippen molar-refractivity contribution in [2.24, 2.45) is 0 Å². The van der Waals surface area contributed by atoms with Crippen LogP contribution in [-0.2, 0) is 0 Å². The van der Waals surface area contributed by atoms with Crippen LogP contribution in [0.15, 0.2) is 12.4 Å². The highest BCUT2D eigenvalue weighted by molar-refractivity contribution is 5.02. The molecule has 0 spiro atoms. The third kappa shape index (κ3) is 32.0. The highest BCUT2D eigenvalue weighted by Gasteiger charge is 2.19. The molecule has 0 radical (unpaired) electrons. The number of imidazole rings is 1. The third-order valence-electron chi connectivity index (χ3n) is 12.6. The van der Waals surface area contributed by atoms with Crippen molar-refractivity contribution in [2.45, 2.75) is 309 Å². The van der Waals surface area contributed by atoms with Gasteiger partial charge >= 0.3 is 0 Å². The van der Waals surface area contributed by atoms with Gasteiger partial charge in [-0.3, -0.25) is 0 Å². The predicted octanol–water partition coefficient (Wildman–Crippen LogP) is 19.0. The fourth-order valence-corrected chi connectivity index (χ4v) is 8.83. The third-order valence-corrected chi connectivity index (χ3v) is 12.6. The van der Waals surface area contributed by atoms with Crippen LogP contribution in [0.3, 0.4) is 0 Å². The van der Waals surface area contributed by atoms with Gasteiger partial charge in [-0.15, -0.1) is 0 Å². The van der Waals surface area contributed by atoms with E-state index in [1.807, 2.05) is 0 Å². The van der Waals surface area contributed by atoms with Gasteiger partial charge in [0.25, 0.3) is 0 Å². The lowest BCUT2D eigenvalue weighted by Crippen LogP contribution is -2.13. The fraction of sp³-hybridized carbons (Fsp3) is 0.941. The average Bonchev–Trinajstić information content (AvgIpc) is 3.66. The quantitative estimate of drug-likeness (QED) is 0.0609. The number of rotatable bonds is 44. The molecule has 2 nitrogen and oxygen atoms in total. The van der Waals surface area contributed by atoms with Gasteiger partial charge in [0.1, 0.15) is 5.82 Å².